The van der Waals surface area contributed by atoms with Crippen LogP contribution in [0.2, 0.25) is 0 Å². The van der Waals surface area contributed by atoms with Gasteiger partial charge in [0.25, 0.3) is 0 Å². The van der Waals surface area contributed by atoms with Crippen LogP contribution < -0.4 is 10.5 Å². The van der Waals surface area contributed by atoms with Crippen molar-refractivity contribution in [1.29, 1.82) is 0 Å². The number of methoxy groups -OCH3 is 2. The maximum absolute atomic E-state index is 11.7. The minimum absolute atomic E-state index is 0.147. The highest BCUT2D eigenvalue weighted by Gasteiger charge is 2.17. The van der Waals surface area contributed by atoms with E-state index in [0.717, 1.165) is 5.56 Å². The van der Waals surface area contributed by atoms with Crippen LogP contribution in [0, 0.1) is 0 Å². The molecule has 2 heterocycles. The van der Waals surface area contributed by atoms with Crippen LogP contribution in [-0.2, 0) is 16.0 Å². The van der Waals surface area contributed by atoms with Crippen molar-refractivity contribution >= 4 is 38.9 Å². The van der Waals surface area contributed by atoms with E-state index in [2.05, 4.69) is 30.9 Å². The van der Waals surface area contributed by atoms with E-state index in [1.165, 1.54) is 7.11 Å². The van der Waals surface area contributed by atoms with Crippen LogP contribution in [0.3, 0.4) is 0 Å². The molecule has 1 aromatic carbocycles. The Morgan fingerprint density at radius 3 is 2.78 bits per heavy atom. The summed E-state index contributed by atoms with van der Waals surface area (Å²) in [6.45, 7) is 1.12. The zero-order valence-electron chi connectivity index (χ0n) is 14.8. The molecule has 0 unspecified atom stereocenters. The number of carbonyl (C=O) groups excluding carboxylic acids is 1. The van der Waals surface area contributed by atoms with Gasteiger partial charge in [0.05, 0.1) is 25.8 Å². The fraction of sp³-hybridized carbons (Fsp3) is 0.294. The molecule has 3 rings (SSSR count). The zero-order valence-corrected chi connectivity index (χ0v) is 16.4. The van der Waals surface area contributed by atoms with Crippen LogP contribution in [0.5, 0.6) is 6.01 Å². The number of nitrogens with two attached hydrogens (primary N) is 1. The van der Waals surface area contributed by atoms with Gasteiger partial charge in [0.2, 0.25) is 0 Å². The summed E-state index contributed by atoms with van der Waals surface area (Å²) in [5.41, 5.74) is 8.32. The number of halogens is 1. The molecule has 10 heteroatoms. The number of anilines is 1. The summed E-state index contributed by atoms with van der Waals surface area (Å²) >= 11 is 3.43. The lowest BCUT2D eigenvalue weighted by Crippen LogP contribution is -2.09. The van der Waals surface area contributed by atoms with E-state index in [0.29, 0.717) is 41.2 Å². The van der Waals surface area contributed by atoms with E-state index in [4.69, 9.17) is 19.9 Å². The standard InChI is InChI=1S/C17H18BrN5O4/c1-25-6-7-27-17-21-13(19)12-14(22-17)23(16(18)20-12)9-10-4-3-5-11(8-10)15(24)26-2/h3-5,8H,6-7,9H2,1-2H3,(H2,19,21,22). The van der Waals surface area contributed by atoms with E-state index in [-0.39, 0.29) is 11.8 Å². The fourth-order valence-electron chi connectivity index (χ4n) is 2.49. The first-order valence-corrected chi connectivity index (χ1v) is 8.81. The minimum Gasteiger partial charge on any atom is -0.465 e. The normalized spacial score (nSPS) is 10.9. The number of esters is 1. The maximum atomic E-state index is 11.7. The topological polar surface area (TPSA) is 114 Å². The summed E-state index contributed by atoms with van der Waals surface area (Å²) in [6.07, 6.45) is 0. The number of hydrogen-bond acceptors (Lipinski definition) is 8. The summed E-state index contributed by atoms with van der Waals surface area (Å²) in [5, 5.41) is 0. The molecule has 27 heavy (non-hydrogen) atoms. The molecule has 2 aromatic heterocycles. The molecule has 0 bridgehead atoms. The van der Waals surface area contributed by atoms with Crippen molar-refractivity contribution in [2.45, 2.75) is 6.54 Å². The van der Waals surface area contributed by atoms with Crippen LogP contribution in [0.15, 0.2) is 29.0 Å². The molecule has 0 spiro atoms. The Morgan fingerprint density at radius 2 is 2.04 bits per heavy atom. The number of ether oxygens (including phenoxy) is 3. The Kier molecular flexibility index (Phi) is 5.87. The molecular weight excluding hydrogens is 418 g/mol. The second-order valence-corrected chi connectivity index (χ2v) is 6.27. The monoisotopic (exact) mass is 435 g/mol. The highest BCUT2D eigenvalue weighted by Crippen LogP contribution is 2.25. The summed E-state index contributed by atoms with van der Waals surface area (Å²) in [7, 11) is 2.93. The van der Waals surface area contributed by atoms with Gasteiger partial charge in [0, 0.05) is 7.11 Å². The van der Waals surface area contributed by atoms with Crippen molar-refractivity contribution in [1.82, 2.24) is 19.5 Å². The molecule has 0 saturated carbocycles. The molecule has 0 atom stereocenters. The number of nitrogens with zero attached hydrogens (tertiary/aromatic N) is 4. The van der Waals surface area contributed by atoms with Crippen molar-refractivity contribution in [3.05, 3.63) is 40.1 Å². The number of hydrogen-bond donors (Lipinski definition) is 1. The van der Waals surface area contributed by atoms with Gasteiger partial charge in [0.15, 0.2) is 21.7 Å². The predicted molar refractivity (Wildman–Crippen MR) is 102 cm³/mol. The average molecular weight is 436 g/mol. The van der Waals surface area contributed by atoms with Crippen molar-refractivity contribution < 1.29 is 19.0 Å². The second kappa shape index (κ2) is 8.31. The Morgan fingerprint density at radius 1 is 1.22 bits per heavy atom. The molecule has 2 N–H and O–H groups in total. The Labute approximate surface area is 163 Å². The predicted octanol–water partition coefficient (Wildman–Crippen LogP) is 2.03. The van der Waals surface area contributed by atoms with Crippen molar-refractivity contribution in [2.75, 3.05) is 33.2 Å². The first-order valence-electron chi connectivity index (χ1n) is 8.01. The Hall–Kier alpha value is -2.72. The molecule has 0 aliphatic rings. The van der Waals surface area contributed by atoms with Gasteiger partial charge in [-0.1, -0.05) is 12.1 Å². The SMILES string of the molecule is COCCOc1nc(N)c2nc(Br)n(Cc3cccc(C(=O)OC)c3)c2n1. The van der Waals surface area contributed by atoms with Gasteiger partial charge in [0.1, 0.15) is 6.61 Å². The van der Waals surface area contributed by atoms with Crippen molar-refractivity contribution in [2.24, 2.45) is 0 Å². The fourth-order valence-corrected chi connectivity index (χ4v) is 2.96. The van der Waals surface area contributed by atoms with E-state index in [9.17, 15) is 4.79 Å². The number of nitrogen functional groups attached to an aromatic ring is 1. The van der Waals surface area contributed by atoms with Crippen LogP contribution >= 0.6 is 15.9 Å². The molecule has 0 amide bonds. The lowest BCUT2D eigenvalue weighted by Gasteiger charge is -2.09. The van der Waals surface area contributed by atoms with Gasteiger partial charge >= 0.3 is 12.0 Å². The first-order chi connectivity index (χ1) is 13.0. The van der Waals surface area contributed by atoms with Gasteiger partial charge < -0.3 is 19.9 Å². The minimum atomic E-state index is -0.396. The molecule has 9 nitrogen and oxygen atoms in total. The summed E-state index contributed by atoms with van der Waals surface area (Å²) in [6, 6.07) is 7.28. The van der Waals surface area contributed by atoms with Gasteiger partial charge in [-0.05, 0) is 33.6 Å². The van der Waals surface area contributed by atoms with Crippen molar-refractivity contribution in [3.8, 4) is 6.01 Å². The Bertz CT molecular complexity index is 975. The quantitative estimate of drug-likeness (QED) is 0.340. The van der Waals surface area contributed by atoms with Gasteiger partial charge in [-0.25, -0.2) is 9.78 Å². The van der Waals surface area contributed by atoms with Gasteiger partial charge in [-0.15, -0.1) is 0 Å². The lowest BCUT2D eigenvalue weighted by molar-refractivity contribution is 0.0600. The third kappa shape index (κ3) is 4.17. The van der Waals surface area contributed by atoms with Crippen molar-refractivity contribution in [3.63, 3.8) is 0 Å². The molecule has 3 aromatic rings. The van der Waals surface area contributed by atoms with E-state index >= 15 is 0 Å². The molecule has 0 radical (unpaired) electrons. The summed E-state index contributed by atoms with van der Waals surface area (Å²) < 4.78 is 17.5. The van der Waals surface area contributed by atoms with E-state index in [1.807, 2.05) is 10.6 Å². The molecule has 0 saturated heterocycles. The molecular formula is C17H18BrN5O4. The number of aromatic nitrogens is 4. The summed E-state index contributed by atoms with van der Waals surface area (Å²) in [5.74, 6) is -0.179. The highest BCUT2D eigenvalue weighted by molar-refractivity contribution is 9.10. The average Bonchev–Trinajstić information content (AvgIpc) is 2.98. The third-order valence-corrected chi connectivity index (χ3v) is 4.37. The number of rotatable bonds is 7. The zero-order chi connectivity index (χ0) is 19.4. The second-order valence-electron chi connectivity index (χ2n) is 5.56. The van der Waals surface area contributed by atoms with Crippen LogP contribution in [-0.4, -0.2) is 52.9 Å². The number of carbonyl (C=O) groups is 1. The molecule has 0 aliphatic carbocycles. The van der Waals surface area contributed by atoms with Crippen LogP contribution in [0.4, 0.5) is 5.82 Å². The van der Waals surface area contributed by atoms with E-state index in [1.54, 1.807) is 25.3 Å². The smallest absolute Gasteiger partial charge is 0.337 e. The third-order valence-electron chi connectivity index (χ3n) is 3.76. The van der Waals surface area contributed by atoms with E-state index < -0.39 is 5.97 Å². The molecule has 0 fully saturated rings. The molecule has 0 aliphatic heterocycles. The first kappa shape index (κ1) is 19.1. The highest BCUT2D eigenvalue weighted by atomic mass is 79.9. The van der Waals surface area contributed by atoms with Gasteiger partial charge in [-0.3, -0.25) is 4.57 Å². The summed E-state index contributed by atoms with van der Waals surface area (Å²) in [4.78, 5) is 24.6. The Balaban J connectivity index is 1.96. The van der Waals surface area contributed by atoms with Crippen LogP contribution in [0.1, 0.15) is 15.9 Å². The van der Waals surface area contributed by atoms with Crippen LogP contribution in [0.25, 0.3) is 11.2 Å². The largest absolute Gasteiger partial charge is 0.465 e. The molecule has 142 valence electrons. The number of fused-ring (bicyclic) bond motifs is 1. The number of imidazole rings is 1. The number of benzene rings is 1. The van der Waals surface area contributed by atoms with Gasteiger partial charge in [-0.2, -0.15) is 9.97 Å². The maximum Gasteiger partial charge on any atom is 0.337 e. The lowest BCUT2D eigenvalue weighted by atomic mass is 10.1.